The van der Waals surface area contributed by atoms with E-state index in [1.807, 2.05) is 0 Å². The molecule has 0 aromatic heterocycles. The summed E-state index contributed by atoms with van der Waals surface area (Å²) in [6.45, 7) is 5.68. The van der Waals surface area contributed by atoms with Crippen LogP contribution in [0.5, 0.6) is 17.2 Å². The molecular weight excluding hydrogens is 448 g/mol. The van der Waals surface area contributed by atoms with Crippen molar-refractivity contribution < 1.29 is 32.5 Å². The van der Waals surface area contributed by atoms with E-state index in [1.54, 1.807) is 45.0 Å². The first kappa shape index (κ1) is 26.4. The number of nitrogens with one attached hydrogen (secondary N) is 1. The maximum absolute atomic E-state index is 12.8. The number of ether oxygens (including phenoxy) is 3. The standard InChI is InChI=1S/C23H32N2O7S/c1-6-25(7-2)33(28,29)18-12-11-16(3)19(13-18)23(27)24-14-17(26)15-32-22-20(30-4)9-8-10-21(22)31-5/h8-13,17,26H,6-7,14-15H2,1-5H3,(H,24,27). The zero-order valence-corrected chi connectivity index (χ0v) is 20.4. The molecule has 0 fully saturated rings. The van der Waals surface area contributed by atoms with Crippen LogP contribution in [0.15, 0.2) is 41.3 Å². The number of aliphatic hydroxyl groups is 1. The summed E-state index contributed by atoms with van der Waals surface area (Å²) >= 11 is 0. The predicted molar refractivity (Wildman–Crippen MR) is 125 cm³/mol. The van der Waals surface area contributed by atoms with Crippen LogP contribution in [0.3, 0.4) is 0 Å². The molecule has 0 saturated heterocycles. The van der Waals surface area contributed by atoms with Crippen molar-refractivity contribution in [1.29, 1.82) is 0 Å². The van der Waals surface area contributed by atoms with Gasteiger partial charge in [0.05, 0.1) is 19.1 Å². The fourth-order valence-electron chi connectivity index (χ4n) is 3.22. The van der Waals surface area contributed by atoms with Crippen LogP contribution in [-0.4, -0.2) is 70.3 Å². The molecule has 2 N–H and O–H groups in total. The van der Waals surface area contributed by atoms with Crippen LogP contribution in [0.1, 0.15) is 29.8 Å². The Bertz CT molecular complexity index is 1030. The number of aryl methyl sites for hydroxylation is 1. The van der Waals surface area contributed by atoms with E-state index in [9.17, 15) is 18.3 Å². The topological polar surface area (TPSA) is 114 Å². The molecule has 2 aromatic rings. The van der Waals surface area contributed by atoms with Gasteiger partial charge in [-0.2, -0.15) is 4.31 Å². The highest BCUT2D eigenvalue weighted by Crippen LogP contribution is 2.36. The first-order chi connectivity index (χ1) is 15.7. The highest BCUT2D eigenvalue weighted by Gasteiger charge is 2.23. The summed E-state index contributed by atoms with van der Waals surface area (Å²) in [6, 6.07) is 9.60. The fourth-order valence-corrected chi connectivity index (χ4v) is 4.71. The summed E-state index contributed by atoms with van der Waals surface area (Å²) < 4.78 is 43.1. The van der Waals surface area contributed by atoms with Gasteiger partial charge >= 0.3 is 0 Å². The quantitative estimate of drug-likeness (QED) is 0.479. The number of hydrogen-bond acceptors (Lipinski definition) is 7. The number of nitrogens with zero attached hydrogens (tertiary/aromatic N) is 1. The lowest BCUT2D eigenvalue weighted by Crippen LogP contribution is -2.36. The Labute approximate surface area is 195 Å². The lowest BCUT2D eigenvalue weighted by Gasteiger charge is -2.19. The predicted octanol–water partition coefficient (Wildman–Crippen LogP) is 2.21. The monoisotopic (exact) mass is 480 g/mol. The number of sulfonamides is 1. The van der Waals surface area contributed by atoms with E-state index in [1.165, 1.54) is 30.7 Å². The maximum atomic E-state index is 12.8. The lowest BCUT2D eigenvalue weighted by atomic mass is 10.1. The molecule has 0 aliphatic rings. The number of carbonyl (C=O) groups is 1. The van der Waals surface area contributed by atoms with Gasteiger partial charge in [0.25, 0.3) is 5.91 Å². The van der Waals surface area contributed by atoms with E-state index in [-0.39, 0.29) is 23.6 Å². The number of methoxy groups -OCH3 is 2. The van der Waals surface area contributed by atoms with Crippen LogP contribution in [0.4, 0.5) is 0 Å². The maximum Gasteiger partial charge on any atom is 0.251 e. The molecule has 1 atom stereocenters. The molecule has 2 aromatic carbocycles. The number of rotatable bonds is 12. The van der Waals surface area contributed by atoms with Crippen molar-refractivity contribution >= 4 is 15.9 Å². The summed E-state index contributed by atoms with van der Waals surface area (Å²) in [5.74, 6) is 0.760. The molecule has 0 saturated carbocycles. The average Bonchev–Trinajstić information content (AvgIpc) is 2.81. The van der Waals surface area contributed by atoms with Crippen LogP contribution in [0.2, 0.25) is 0 Å². The Morgan fingerprint density at radius 1 is 1.09 bits per heavy atom. The van der Waals surface area contributed by atoms with Crippen molar-refractivity contribution in [2.45, 2.75) is 31.8 Å². The molecule has 2 rings (SSSR count). The number of para-hydroxylation sites is 1. The van der Waals surface area contributed by atoms with Gasteiger partial charge in [0.15, 0.2) is 11.5 Å². The minimum atomic E-state index is -3.70. The van der Waals surface area contributed by atoms with Gasteiger partial charge in [0.2, 0.25) is 15.8 Å². The van der Waals surface area contributed by atoms with Gasteiger partial charge < -0.3 is 24.6 Å². The fraction of sp³-hybridized carbons (Fsp3) is 0.435. The summed E-state index contributed by atoms with van der Waals surface area (Å²) in [7, 11) is -0.707. The molecule has 0 radical (unpaired) electrons. The number of benzene rings is 2. The normalized spacial score (nSPS) is 12.3. The van der Waals surface area contributed by atoms with Crippen molar-refractivity contribution in [1.82, 2.24) is 9.62 Å². The number of amides is 1. The van der Waals surface area contributed by atoms with Crippen LogP contribution in [0.25, 0.3) is 0 Å². The Morgan fingerprint density at radius 3 is 2.24 bits per heavy atom. The molecule has 0 bridgehead atoms. The summed E-state index contributed by atoms with van der Waals surface area (Å²) in [5.41, 5.74) is 0.846. The third-order valence-electron chi connectivity index (χ3n) is 5.10. The van der Waals surface area contributed by atoms with E-state index in [0.29, 0.717) is 35.9 Å². The van der Waals surface area contributed by atoms with Gasteiger partial charge in [-0.3, -0.25) is 4.79 Å². The van der Waals surface area contributed by atoms with Crippen LogP contribution < -0.4 is 19.5 Å². The molecule has 10 heteroatoms. The van der Waals surface area contributed by atoms with Crippen LogP contribution in [0, 0.1) is 6.92 Å². The Balaban J connectivity index is 2.06. The van der Waals surface area contributed by atoms with Crippen molar-refractivity contribution in [3.63, 3.8) is 0 Å². The van der Waals surface area contributed by atoms with Gasteiger partial charge in [0, 0.05) is 25.2 Å². The molecule has 182 valence electrons. The largest absolute Gasteiger partial charge is 0.493 e. The van der Waals surface area contributed by atoms with Crippen molar-refractivity contribution in [2.24, 2.45) is 0 Å². The van der Waals surface area contributed by atoms with Gasteiger partial charge in [-0.15, -0.1) is 0 Å². The smallest absolute Gasteiger partial charge is 0.251 e. The summed E-state index contributed by atoms with van der Waals surface area (Å²) in [4.78, 5) is 12.8. The van der Waals surface area contributed by atoms with Gasteiger partial charge in [-0.1, -0.05) is 26.0 Å². The van der Waals surface area contributed by atoms with Gasteiger partial charge in [0.1, 0.15) is 12.7 Å². The zero-order valence-electron chi connectivity index (χ0n) is 19.6. The van der Waals surface area contributed by atoms with Crippen LogP contribution in [-0.2, 0) is 10.0 Å². The minimum absolute atomic E-state index is 0.0501. The molecule has 0 aliphatic heterocycles. The molecule has 1 amide bonds. The third kappa shape index (κ3) is 6.37. The Hall–Kier alpha value is -2.82. The highest BCUT2D eigenvalue weighted by atomic mass is 32.2. The molecule has 33 heavy (non-hydrogen) atoms. The van der Waals surface area contributed by atoms with E-state index in [0.717, 1.165) is 0 Å². The first-order valence-corrected chi connectivity index (χ1v) is 12.0. The molecule has 9 nitrogen and oxygen atoms in total. The van der Waals surface area contributed by atoms with E-state index >= 15 is 0 Å². The summed E-state index contributed by atoms with van der Waals surface area (Å²) in [6.07, 6.45) is -1.02. The number of carbonyl (C=O) groups excluding carboxylic acids is 1. The SMILES string of the molecule is CCN(CC)S(=O)(=O)c1ccc(C)c(C(=O)NCC(O)COc2c(OC)cccc2OC)c1. The van der Waals surface area contributed by atoms with Gasteiger partial charge in [-0.25, -0.2) is 8.42 Å². The van der Waals surface area contributed by atoms with E-state index in [2.05, 4.69) is 5.32 Å². The molecule has 0 spiro atoms. The average molecular weight is 481 g/mol. The number of aliphatic hydroxyl groups excluding tert-OH is 1. The van der Waals surface area contributed by atoms with Crippen molar-refractivity contribution in [3.8, 4) is 17.2 Å². The zero-order chi connectivity index (χ0) is 24.6. The summed E-state index contributed by atoms with van der Waals surface area (Å²) in [5, 5.41) is 12.9. The van der Waals surface area contributed by atoms with Gasteiger partial charge in [-0.05, 0) is 36.8 Å². The molecule has 0 heterocycles. The molecule has 0 aliphatic carbocycles. The van der Waals surface area contributed by atoms with E-state index in [4.69, 9.17) is 14.2 Å². The van der Waals surface area contributed by atoms with Crippen LogP contribution >= 0.6 is 0 Å². The number of hydrogen-bond donors (Lipinski definition) is 2. The molecule has 1 unspecified atom stereocenters. The molecular formula is C23H32N2O7S. The third-order valence-corrected chi connectivity index (χ3v) is 7.14. The second-order valence-electron chi connectivity index (χ2n) is 7.23. The minimum Gasteiger partial charge on any atom is -0.493 e. The first-order valence-electron chi connectivity index (χ1n) is 10.6. The highest BCUT2D eigenvalue weighted by molar-refractivity contribution is 7.89. The van der Waals surface area contributed by atoms with Crippen molar-refractivity contribution in [2.75, 3.05) is 40.5 Å². The second-order valence-corrected chi connectivity index (χ2v) is 9.17. The Kier molecular flexibility index (Phi) is 9.51. The van der Waals surface area contributed by atoms with E-state index < -0.39 is 22.0 Å². The Morgan fingerprint density at radius 2 is 1.70 bits per heavy atom. The second kappa shape index (κ2) is 11.9. The lowest BCUT2D eigenvalue weighted by molar-refractivity contribution is 0.0833. The van der Waals surface area contributed by atoms with Crippen molar-refractivity contribution in [3.05, 3.63) is 47.5 Å².